The summed E-state index contributed by atoms with van der Waals surface area (Å²) in [7, 11) is 2.82. The average molecular weight is 425 g/mol. The molecule has 3 amide bonds. The van der Waals surface area contributed by atoms with Crippen LogP contribution in [0.25, 0.3) is 0 Å². The third kappa shape index (κ3) is 6.98. The van der Waals surface area contributed by atoms with Crippen LogP contribution < -0.4 is 20.1 Å². The van der Waals surface area contributed by atoms with E-state index in [2.05, 4.69) is 16.7 Å². The molecule has 1 aliphatic carbocycles. The summed E-state index contributed by atoms with van der Waals surface area (Å²) in [6, 6.07) is 2.10. The lowest BCUT2D eigenvalue weighted by Gasteiger charge is -2.13. The summed E-state index contributed by atoms with van der Waals surface area (Å²) >= 11 is 6.04. The lowest BCUT2D eigenvalue weighted by atomic mass is 9.97. The highest BCUT2D eigenvalue weighted by molar-refractivity contribution is 6.32. The lowest BCUT2D eigenvalue weighted by molar-refractivity contribution is -0.123. The Labute approximate surface area is 174 Å². The fraction of sp³-hybridized carbons (Fsp3) is 0.450. The number of hydrogen-bond donors (Lipinski definition) is 2. The Kier molecular flexibility index (Phi) is 8.79. The molecular formula is C20H25ClN2O6. The molecule has 9 heteroatoms. The van der Waals surface area contributed by atoms with Crippen molar-refractivity contribution in [1.82, 2.24) is 10.6 Å². The maximum atomic E-state index is 12.1. The number of nitrogens with one attached hydrogen (secondary N) is 2. The molecular weight excluding hydrogens is 400 g/mol. The summed E-state index contributed by atoms with van der Waals surface area (Å²) in [4.78, 5) is 35.7. The minimum absolute atomic E-state index is 0.0886. The van der Waals surface area contributed by atoms with Gasteiger partial charge in [0, 0.05) is 6.54 Å². The van der Waals surface area contributed by atoms with Crippen molar-refractivity contribution in [2.75, 3.05) is 27.4 Å². The van der Waals surface area contributed by atoms with E-state index in [0.717, 1.165) is 19.3 Å². The highest BCUT2D eigenvalue weighted by Gasteiger charge is 2.18. The second-order valence-electron chi connectivity index (χ2n) is 6.43. The maximum Gasteiger partial charge on any atom is 0.338 e. The summed E-state index contributed by atoms with van der Waals surface area (Å²) in [5.74, 6) is -0.986. The highest BCUT2D eigenvalue weighted by Crippen LogP contribution is 2.36. The number of benzene rings is 1. The molecule has 29 heavy (non-hydrogen) atoms. The maximum absolute atomic E-state index is 12.1. The molecule has 0 unspecified atom stereocenters. The van der Waals surface area contributed by atoms with E-state index < -0.39 is 24.5 Å². The van der Waals surface area contributed by atoms with Crippen LogP contribution in [0.2, 0.25) is 5.02 Å². The van der Waals surface area contributed by atoms with E-state index in [4.69, 9.17) is 25.8 Å². The predicted molar refractivity (Wildman–Crippen MR) is 108 cm³/mol. The van der Waals surface area contributed by atoms with Crippen molar-refractivity contribution in [2.24, 2.45) is 0 Å². The van der Waals surface area contributed by atoms with Crippen LogP contribution >= 0.6 is 11.6 Å². The quantitative estimate of drug-likeness (QED) is 0.490. The monoisotopic (exact) mass is 424 g/mol. The van der Waals surface area contributed by atoms with Gasteiger partial charge in [-0.25, -0.2) is 9.59 Å². The molecule has 0 spiro atoms. The second kappa shape index (κ2) is 11.3. The number of allylic oxidation sites excluding steroid dienone is 1. The van der Waals surface area contributed by atoms with E-state index in [1.807, 2.05) is 0 Å². The molecule has 0 bridgehead atoms. The molecule has 0 saturated heterocycles. The third-order valence-corrected chi connectivity index (χ3v) is 4.65. The molecule has 0 aliphatic heterocycles. The number of carbonyl (C=O) groups is 3. The molecule has 2 rings (SSSR count). The third-order valence-electron chi connectivity index (χ3n) is 4.37. The molecule has 0 atom stereocenters. The van der Waals surface area contributed by atoms with Crippen LogP contribution in [0.15, 0.2) is 23.8 Å². The van der Waals surface area contributed by atoms with Gasteiger partial charge in [-0.1, -0.05) is 23.3 Å². The van der Waals surface area contributed by atoms with Crippen molar-refractivity contribution in [3.63, 3.8) is 0 Å². The minimum atomic E-state index is -0.785. The Morgan fingerprint density at radius 1 is 1.14 bits per heavy atom. The summed E-state index contributed by atoms with van der Waals surface area (Å²) < 4.78 is 15.1. The van der Waals surface area contributed by atoms with Gasteiger partial charge in [-0.15, -0.1) is 0 Å². The zero-order valence-electron chi connectivity index (χ0n) is 16.5. The van der Waals surface area contributed by atoms with Crippen molar-refractivity contribution >= 4 is 29.5 Å². The van der Waals surface area contributed by atoms with Crippen molar-refractivity contribution in [3.8, 4) is 11.5 Å². The number of carbonyl (C=O) groups excluding carboxylic acids is 3. The average Bonchev–Trinajstić information content (AvgIpc) is 2.72. The van der Waals surface area contributed by atoms with E-state index >= 15 is 0 Å². The predicted octanol–water partition coefficient (Wildman–Crippen LogP) is 3.23. The van der Waals surface area contributed by atoms with Crippen LogP contribution in [0.1, 0.15) is 42.5 Å². The highest BCUT2D eigenvalue weighted by atomic mass is 35.5. The Morgan fingerprint density at radius 3 is 2.59 bits per heavy atom. The number of hydrogen-bond acceptors (Lipinski definition) is 6. The summed E-state index contributed by atoms with van der Waals surface area (Å²) in [6.45, 7) is -0.168. The number of halogens is 1. The molecule has 1 aliphatic rings. The van der Waals surface area contributed by atoms with Crippen molar-refractivity contribution in [2.45, 2.75) is 32.1 Å². The largest absolute Gasteiger partial charge is 0.493 e. The van der Waals surface area contributed by atoms with Crippen molar-refractivity contribution in [3.05, 3.63) is 34.4 Å². The van der Waals surface area contributed by atoms with Crippen LogP contribution in [0, 0.1) is 0 Å². The van der Waals surface area contributed by atoms with Crippen LogP contribution in [0.5, 0.6) is 11.5 Å². The van der Waals surface area contributed by atoms with Crippen molar-refractivity contribution < 1.29 is 28.6 Å². The summed E-state index contributed by atoms with van der Waals surface area (Å²) in [6.07, 6.45) is 7.48. The lowest BCUT2D eigenvalue weighted by Crippen LogP contribution is -2.41. The molecule has 0 radical (unpaired) electrons. The molecule has 0 heterocycles. The number of esters is 1. The van der Waals surface area contributed by atoms with Crippen LogP contribution in [-0.2, 0) is 9.53 Å². The molecule has 1 aromatic carbocycles. The minimum Gasteiger partial charge on any atom is -0.493 e. The standard InChI is InChI=1S/C20H25ClN2O6/c1-27-16-11-14(10-15(21)18(16)28-2)19(25)29-12-17(24)23-20(26)22-9-8-13-6-4-3-5-7-13/h6,10-11H,3-5,7-9,12H2,1-2H3,(H2,22,23,24,26). The number of imide groups is 1. The number of amides is 3. The Bertz CT molecular complexity index is 793. The first-order chi connectivity index (χ1) is 13.9. The normalized spacial score (nSPS) is 13.1. The topological polar surface area (TPSA) is 103 Å². The van der Waals surface area contributed by atoms with Gasteiger partial charge in [0.1, 0.15) is 0 Å². The van der Waals surface area contributed by atoms with Gasteiger partial charge in [0.15, 0.2) is 18.1 Å². The van der Waals surface area contributed by atoms with Gasteiger partial charge in [-0.3, -0.25) is 10.1 Å². The number of rotatable bonds is 8. The molecule has 0 saturated carbocycles. The first kappa shape index (κ1) is 22.5. The van der Waals surface area contributed by atoms with Gasteiger partial charge in [0.25, 0.3) is 5.91 Å². The summed E-state index contributed by atoms with van der Waals surface area (Å²) in [5, 5.41) is 4.90. The molecule has 0 fully saturated rings. The SMILES string of the molecule is COc1cc(C(=O)OCC(=O)NC(=O)NCCC2=CCCCC2)cc(Cl)c1OC. The summed E-state index contributed by atoms with van der Waals surface area (Å²) in [5.41, 5.74) is 1.41. The first-order valence-electron chi connectivity index (χ1n) is 9.28. The van der Waals surface area contributed by atoms with Gasteiger partial charge < -0.3 is 19.5 Å². The smallest absolute Gasteiger partial charge is 0.338 e. The zero-order valence-corrected chi connectivity index (χ0v) is 17.3. The van der Waals surface area contributed by atoms with Gasteiger partial charge >= 0.3 is 12.0 Å². The van der Waals surface area contributed by atoms with E-state index in [1.54, 1.807) is 0 Å². The van der Waals surface area contributed by atoms with Crippen LogP contribution in [0.3, 0.4) is 0 Å². The van der Waals surface area contributed by atoms with Crippen LogP contribution in [-0.4, -0.2) is 45.3 Å². The number of urea groups is 1. The van der Waals surface area contributed by atoms with Gasteiger partial charge in [0.05, 0.1) is 24.8 Å². The first-order valence-corrected chi connectivity index (χ1v) is 9.66. The van der Waals surface area contributed by atoms with Gasteiger partial charge in [-0.05, 0) is 44.2 Å². The Hall–Kier alpha value is -2.74. The van der Waals surface area contributed by atoms with Crippen LogP contribution in [0.4, 0.5) is 4.79 Å². The van der Waals surface area contributed by atoms with Crippen molar-refractivity contribution in [1.29, 1.82) is 0 Å². The fourth-order valence-electron chi connectivity index (χ4n) is 2.93. The van der Waals surface area contributed by atoms with E-state index in [1.165, 1.54) is 44.8 Å². The molecule has 1 aromatic rings. The van der Waals surface area contributed by atoms with E-state index in [9.17, 15) is 14.4 Å². The molecule has 0 aromatic heterocycles. The molecule has 8 nitrogen and oxygen atoms in total. The molecule has 2 N–H and O–H groups in total. The van der Waals surface area contributed by atoms with Gasteiger partial charge in [0.2, 0.25) is 0 Å². The molecule has 158 valence electrons. The second-order valence-corrected chi connectivity index (χ2v) is 6.84. The fourth-order valence-corrected chi connectivity index (χ4v) is 3.21. The van der Waals surface area contributed by atoms with Gasteiger partial charge in [-0.2, -0.15) is 0 Å². The zero-order chi connectivity index (χ0) is 21.2. The Morgan fingerprint density at radius 2 is 1.93 bits per heavy atom. The number of methoxy groups -OCH3 is 2. The van der Waals surface area contributed by atoms with E-state index in [-0.39, 0.29) is 22.1 Å². The number of ether oxygens (including phenoxy) is 3. The van der Waals surface area contributed by atoms with E-state index in [0.29, 0.717) is 6.54 Å². The Balaban J connectivity index is 1.76.